The summed E-state index contributed by atoms with van der Waals surface area (Å²) in [6, 6.07) is 12.9. The summed E-state index contributed by atoms with van der Waals surface area (Å²) in [5.41, 5.74) is 2.22. The number of carbonyl (C=O) groups excluding carboxylic acids is 1. The van der Waals surface area contributed by atoms with Gasteiger partial charge in [-0.15, -0.1) is 0 Å². The quantitative estimate of drug-likeness (QED) is 0.810. The van der Waals surface area contributed by atoms with Crippen LogP contribution in [0.1, 0.15) is 48.5 Å². The maximum atomic E-state index is 13.0. The first-order chi connectivity index (χ1) is 13.1. The monoisotopic (exact) mass is 367 g/mol. The smallest absolute Gasteiger partial charge is 0.292 e. The second-order valence-corrected chi connectivity index (χ2v) is 8.50. The van der Waals surface area contributed by atoms with Crippen LogP contribution in [-0.2, 0) is 13.0 Å². The van der Waals surface area contributed by atoms with Gasteiger partial charge in [0.25, 0.3) is 5.91 Å². The number of fused-ring (bicyclic) bond motifs is 4. The lowest BCUT2D eigenvalue weighted by molar-refractivity contribution is 0.0694. The number of nitrogens with zero attached hydrogens (tertiary/aromatic N) is 3. The second kappa shape index (κ2) is 7.85. The lowest BCUT2D eigenvalue weighted by Gasteiger charge is -2.36. The summed E-state index contributed by atoms with van der Waals surface area (Å²) in [5, 5.41) is 4.09. The molecule has 3 aliphatic heterocycles. The van der Waals surface area contributed by atoms with Crippen LogP contribution in [0.5, 0.6) is 0 Å². The van der Waals surface area contributed by atoms with Crippen molar-refractivity contribution in [3.05, 3.63) is 53.4 Å². The van der Waals surface area contributed by atoms with Gasteiger partial charge in [0.2, 0.25) is 5.76 Å². The summed E-state index contributed by atoms with van der Waals surface area (Å²) in [7, 11) is 0. The van der Waals surface area contributed by atoms with Crippen LogP contribution in [0.15, 0.2) is 40.9 Å². The maximum Gasteiger partial charge on any atom is 0.292 e. The van der Waals surface area contributed by atoms with Crippen LogP contribution in [0, 0.1) is 11.8 Å². The van der Waals surface area contributed by atoms with Crippen molar-refractivity contribution < 1.29 is 9.32 Å². The molecule has 4 heterocycles. The molecule has 3 aliphatic rings. The molecule has 0 saturated carbocycles. The largest absolute Gasteiger partial charge is 0.351 e. The van der Waals surface area contributed by atoms with Crippen molar-refractivity contribution in [2.24, 2.45) is 11.8 Å². The first-order valence-corrected chi connectivity index (χ1v) is 10.1. The average molecular weight is 367 g/mol. The van der Waals surface area contributed by atoms with E-state index in [9.17, 15) is 4.79 Å². The van der Waals surface area contributed by atoms with E-state index >= 15 is 0 Å². The van der Waals surface area contributed by atoms with E-state index in [1.807, 2.05) is 11.0 Å². The molecule has 2 atom stereocenters. The Morgan fingerprint density at radius 3 is 2.78 bits per heavy atom. The molecule has 1 aromatic heterocycles. The highest BCUT2D eigenvalue weighted by Gasteiger charge is 2.37. The fourth-order valence-electron chi connectivity index (χ4n) is 4.44. The third-order valence-electron chi connectivity index (χ3n) is 5.73. The standard InChI is InChI=1S/C22H29N3O2/c1-16(2)10-19-11-21(27-23-19)22(26)25-14-18-8-9-20(15-25)24(13-18)12-17-6-4-3-5-7-17/h3-7,11,16,18,20H,8-10,12-15H2,1-2H3/t18-,20-/m0/s1. The van der Waals surface area contributed by atoms with E-state index in [1.165, 1.54) is 12.0 Å². The molecule has 3 fully saturated rings. The Labute approximate surface area is 161 Å². The van der Waals surface area contributed by atoms with E-state index in [0.29, 0.717) is 23.6 Å². The van der Waals surface area contributed by atoms with Crippen molar-refractivity contribution in [2.75, 3.05) is 19.6 Å². The highest BCUT2D eigenvalue weighted by Crippen LogP contribution is 2.30. The van der Waals surface area contributed by atoms with Crippen LogP contribution in [-0.4, -0.2) is 46.5 Å². The number of rotatable bonds is 5. The minimum Gasteiger partial charge on any atom is -0.351 e. The summed E-state index contributed by atoms with van der Waals surface area (Å²) in [6.07, 6.45) is 3.21. The summed E-state index contributed by atoms with van der Waals surface area (Å²) >= 11 is 0. The van der Waals surface area contributed by atoms with E-state index in [4.69, 9.17) is 4.52 Å². The third kappa shape index (κ3) is 4.24. The van der Waals surface area contributed by atoms with E-state index in [0.717, 1.165) is 44.7 Å². The minimum absolute atomic E-state index is 0.00373. The van der Waals surface area contributed by atoms with E-state index in [1.54, 1.807) is 0 Å². The van der Waals surface area contributed by atoms with Gasteiger partial charge in [-0.05, 0) is 36.7 Å². The van der Waals surface area contributed by atoms with Crippen molar-refractivity contribution in [1.29, 1.82) is 0 Å². The molecule has 144 valence electrons. The number of hydrogen-bond acceptors (Lipinski definition) is 4. The lowest BCUT2D eigenvalue weighted by Crippen LogP contribution is -2.43. The summed E-state index contributed by atoms with van der Waals surface area (Å²) in [6.45, 7) is 7.92. The van der Waals surface area contributed by atoms with Crippen LogP contribution in [0.2, 0.25) is 0 Å². The van der Waals surface area contributed by atoms with E-state index in [-0.39, 0.29) is 5.91 Å². The van der Waals surface area contributed by atoms with E-state index in [2.05, 4.69) is 54.2 Å². The molecule has 1 aromatic carbocycles. The molecule has 2 aromatic rings. The van der Waals surface area contributed by atoms with Crippen molar-refractivity contribution in [3.8, 4) is 0 Å². The molecule has 3 saturated heterocycles. The van der Waals surface area contributed by atoms with Gasteiger partial charge < -0.3 is 9.42 Å². The molecule has 0 aliphatic carbocycles. The number of piperidine rings is 1. The molecule has 0 N–H and O–H groups in total. The zero-order valence-corrected chi connectivity index (χ0v) is 16.3. The lowest BCUT2D eigenvalue weighted by atomic mass is 9.94. The Kier molecular flexibility index (Phi) is 5.30. The fourth-order valence-corrected chi connectivity index (χ4v) is 4.44. The molecule has 2 bridgehead atoms. The Morgan fingerprint density at radius 2 is 2.00 bits per heavy atom. The van der Waals surface area contributed by atoms with Crippen LogP contribution in [0.4, 0.5) is 0 Å². The molecule has 1 amide bonds. The van der Waals surface area contributed by atoms with Gasteiger partial charge in [0.15, 0.2) is 0 Å². The first kappa shape index (κ1) is 18.2. The summed E-state index contributed by atoms with van der Waals surface area (Å²) in [4.78, 5) is 17.6. The number of aromatic nitrogens is 1. The molecule has 0 unspecified atom stereocenters. The highest BCUT2D eigenvalue weighted by atomic mass is 16.5. The van der Waals surface area contributed by atoms with Gasteiger partial charge in [-0.25, -0.2) is 0 Å². The molecule has 5 rings (SSSR count). The van der Waals surface area contributed by atoms with Crippen molar-refractivity contribution in [2.45, 2.75) is 45.7 Å². The Bertz CT molecular complexity index is 771. The van der Waals surface area contributed by atoms with Gasteiger partial charge >= 0.3 is 0 Å². The number of amides is 1. The van der Waals surface area contributed by atoms with Gasteiger partial charge in [0, 0.05) is 38.3 Å². The van der Waals surface area contributed by atoms with Crippen LogP contribution in [0.25, 0.3) is 0 Å². The van der Waals surface area contributed by atoms with Crippen LogP contribution < -0.4 is 0 Å². The predicted octanol–water partition coefficient (Wildman–Crippen LogP) is 3.61. The zero-order valence-electron chi connectivity index (χ0n) is 16.3. The number of benzene rings is 1. The summed E-state index contributed by atoms with van der Waals surface area (Å²) < 4.78 is 5.38. The van der Waals surface area contributed by atoms with Crippen molar-refractivity contribution >= 4 is 5.91 Å². The fraction of sp³-hybridized carbons (Fsp3) is 0.545. The Balaban J connectivity index is 1.45. The third-order valence-corrected chi connectivity index (χ3v) is 5.73. The molecule has 0 spiro atoms. The van der Waals surface area contributed by atoms with Gasteiger partial charge in [0.1, 0.15) is 0 Å². The van der Waals surface area contributed by atoms with Crippen LogP contribution in [0.3, 0.4) is 0 Å². The topological polar surface area (TPSA) is 49.6 Å². The second-order valence-electron chi connectivity index (χ2n) is 8.50. The van der Waals surface area contributed by atoms with Gasteiger partial charge in [-0.3, -0.25) is 9.69 Å². The molecule has 27 heavy (non-hydrogen) atoms. The zero-order chi connectivity index (χ0) is 18.8. The molecular weight excluding hydrogens is 338 g/mol. The maximum absolute atomic E-state index is 13.0. The Morgan fingerprint density at radius 1 is 1.19 bits per heavy atom. The highest BCUT2D eigenvalue weighted by molar-refractivity contribution is 5.91. The van der Waals surface area contributed by atoms with E-state index < -0.39 is 0 Å². The average Bonchev–Trinajstić information content (AvgIpc) is 2.92. The molecule has 0 radical (unpaired) electrons. The molecule has 5 nitrogen and oxygen atoms in total. The number of hydrogen-bond donors (Lipinski definition) is 0. The molecule has 5 heteroatoms. The van der Waals surface area contributed by atoms with Gasteiger partial charge in [0.05, 0.1) is 5.69 Å². The SMILES string of the molecule is CC(C)Cc1cc(C(=O)N2C[C@H]3CC[C@@H](C2)N(Cc2ccccc2)C3)on1. The normalized spacial score (nSPS) is 23.0. The van der Waals surface area contributed by atoms with Crippen molar-refractivity contribution in [3.63, 3.8) is 0 Å². The van der Waals surface area contributed by atoms with Gasteiger partial charge in [-0.2, -0.15) is 0 Å². The Hall–Kier alpha value is -2.14. The summed E-state index contributed by atoms with van der Waals surface area (Å²) in [5.74, 6) is 1.42. The van der Waals surface area contributed by atoms with Crippen LogP contribution >= 0.6 is 0 Å². The minimum atomic E-state index is -0.00373. The van der Waals surface area contributed by atoms with Gasteiger partial charge in [-0.1, -0.05) is 49.3 Å². The molecular formula is C22H29N3O2. The number of carbonyl (C=O) groups is 1. The first-order valence-electron chi connectivity index (χ1n) is 10.1. The van der Waals surface area contributed by atoms with Crippen molar-refractivity contribution in [1.82, 2.24) is 15.0 Å². The predicted molar refractivity (Wildman–Crippen MR) is 104 cm³/mol.